The first-order valence-electron chi connectivity index (χ1n) is 6.66. The minimum atomic E-state index is 0.569. The molecule has 2 heteroatoms. The van der Waals surface area contributed by atoms with Gasteiger partial charge in [-0.15, -0.1) is 0 Å². The zero-order valence-corrected chi connectivity index (χ0v) is 10.8. The molecule has 0 amide bonds. The normalized spacial score (nSPS) is 19.9. The number of nitrogens with one attached hydrogen (secondary N) is 1. The second kappa shape index (κ2) is 4.99. The second-order valence-electron chi connectivity index (χ2n) is 4.95. The van der Waals surface area contributed by atoms with E-state index in [-0.39, 0.29) is 0 Å². The lowest BCUT2D eigenvalue weighted by Crippen LogP contribution is -2.28. The lowest BCUT2D eigenvalue weighted by molar-refractivity contribution is 0.394. The largest absolute Gasteiger partial charge is 0.496 e. The number of methoxy groups -OCH3 is 1. The van der Waals surface area contributed by atoms with Gasteiger partial charge in [-0.25, -0.2) is 0 Å². The van der Waals surface area contributed by atoms with E-state index in [4.69, 9.17) is 4.74 Å². The van der Waals surface area contributed by atoms with E-state index >= 15 is 0 Å². The highest BCUT2D eigenvalue weighted by molar-refractivity contribution is 5.88. The topological polar surface area (TPSA) is 21.3 Å². The van der Waals surface area contributed by atoms with Crippen LogP contribution in [0.3, 0.4) is 0 Å². The zero-order chi connectivity index (χ0) is 12.4. The van der Waals surface area contributed by atoms with E-state index in [0.29, 0.717) is 5.92 Å². The molecule has 94 valence electrons. The Hall–Kier alpha value is -1.54. The Bertz CT molecular complexity index is 544. The molecule has 0 saturated carbocycles. The molecule has 1 atom stereocenters. The maximum absolute atomic E-state index is 5.58. The van der Waals surface area contributed by atoms with Gasteiger partial charge in [0, 0.05) is 18.0 Å². The minimum Gasteiger partial charge on any atom is -0.496 e. The molecule has 2 aromatic rings. The molecule has 1 N–H and O–H groups in total. The van der Waals surface area contributed by atoms with Crippen molar-refractivity contribution < 1.29 is 4.74 Å². The van der Waals surface area contributed by atoms with Crippen LogP contribution in [0.15, 0.2) is 36.4 Å². The maximum Gasteiger partial charge on any atom is 0.123 e. The van der Waals surface area contributed by atoms with Crippen LogP contribution in [0, 0.1) is 0 Å². The van der Waals surface area contributed by atoms with Crippen molar-refractivity contribution in [3.8, 4) is 5.75 Å². The van der Waals surface area contributed by atoms with Gasteiger partial charge in [0.1, 0.15) is 5.75 Å². The van der Waals surface area contributed by atoms with E-state index in [9.17, 15) is 0 Å². The van der Waals surface area contributed by atoms with E-state index in [0.717, 1.165) is 18.8 Å². The van der Waals surface area contributed by atoms with Gasteiger partial charge in [-0.3, -0.25) is 0 Å². The van der Waals surface area contributed by atoms with Crippen LogP contribution >= 0.6 is 0 Å². The fraction of sp³-hybridized carbons (Fsp3) is 0.375. The van der Waals surface area contributed by atoms with Crippen LogP contribution in [0.4, 0.5) is 0 Å². The number of benzene rings is 2. The summed E-state index contributed by atoms with van der Waals surface area (Å²) in [4.78, 5) is 0. The molecular formula is C16H19NO. The third-order valence-corrected chi connectivity index (χ3v) is 3.86. The number of piperidine rings is 1. The summed E-state index contributed by atoms with van der Waals surface area (Å²) in [5, 5.41) is 6.14. The van der Waals surface area contributed by atoms with Crippen LogP contribution in [-0.2, 0) is 0 Å². The molecule has 0 radical (unpaired) electrons. The molecule has 1 saturated heterocycles. The third kappa shape index (κ3) is 1.97. The second-order valence-corrected chi connectivity index (χ2v) is 4.95. The van der Waals surface area contributed by atoms with Gasteiger partial charge >= 0.3 is 0 Å². The summed E-state index contributed by atoms with van der Waals surface area (Å²) in [6.45, 7) is 2.20. The lowest BCUT2D eigenvalue weighted by atomic mass is 9.87. The smallest absolute Gasteiger partial charge is 0.123 e. The Morgan fingerprint density at radius 1 is 1.17 bits per heavy atom. The van der Waals surface area contributed by atoms with Gasteiger partial charge in [-0.1, -0.05) is 30.3 Å². The number of rotatable bonds is 2. The Labute approximate surface area is 108 Å². The van der Waals surface area contributed by atoms with E-state index in [1.54, 1.807) is 7.11 Å². The van der Waals surface area contributed by atoms with E-state index in [2.05, 4.69) is 41.7 Å². The van der Waals surface area contributed by atoms with Crippen LogP contribution in [-0.4, -0.2) is 20.2 Å². The summed E-state index contributed by atoms with van der Waals surface area (Å²) >= 11 is 0. The minimum absolute atomic E-state index is 0.569. The molecule has 0 aliphatic carbocycles. The van der Waals surface area contributed by atoms with E-state index in [1.165, 1.54) is 29.2 Å². The molecule has 1 heterocycles. The van der Waals surface area contributed by atoms with Crippen molar-refractivity contribution in [1.29, 1.82) is 0 Å². The fourth-order valence-corrected chi connectivity index (χ4v) is 2.97. The Morgan fingerprint density at radius 3 is 2.83 bits per heavy atom. The van der Waals surface area contributed by atoms with Gasteiger partial charge in [-0.2, -0.15) is 0 Å². The fourth-order valence-electron chi connectivity index (χ4n) is 2.97. The molecule has 3 rings (SSSR count). The van der Waals surface area contributed by atoms with E-state index < -0.39 is 0 Å². The van der Waals surface area contributed by atoms with Gasteiger partial charge < -0.3 is 10.1 Å². The van der Waals surface area contributed by atoms with Crippen molar-refractivity contribution in [2.24, 2.45) is 0 Å². The third-order valence-electron chi connectivity index (χ3n) is 3.86. The Balaban J connectivity index is 2.16. The summed E-state index contributed by atoms with van der Waals surface area (Å²) in [5.41, 5.74) is 1.38. The van der Waals surface area contributed by atoms with Crippen LogP contribution in [0.25, 0.3) is 10.8 Å². The van der Waals surface area contributed by atoms with Gasteiger partial charge in [0.25, 0.3) is 0 Å². The highest BCUT2D eigenvalue weighted by Gasteiger charge is 2.21. The molecule has 1 unspecified atom stereocenters. The van der Waals surface area contributed by atoms with Gasteiger partial charge in [0.15, 0.2) is 0 Å². The summed E-state index contributed by atoms with van der Waals surface area (Å²) < 4.78 is 5.58. The van der Waals surface area contributed by atoms with Crippen LogP contribution in [0.1, 0.15) is 24.3 Å². The molecule has 1 aliphatic rings. The number of ether oxygens (including phenoxy) is 1. The molecule has 0 aromatic heterocycles. The van der Waals surface area contributed by atoms with E-state index in [1.807, 2.05) is 0 Å². The molecule has 1 aliphatic heterocycles. The molecule has 1 fully saturated rings. The van der Waals surface area contributed by atoms with Gasteiger partial charge in [0.2, 0.25) is 0 Å². The summed E-state index contributed by atoms with van der Waals surface area (Å²) in [6.07, 6.45) is 2.49. The molecule has 2 aromatic carbocycles. The highest BCUT2D eigenvalue weighted by Crippen LogP contribution is 2.36. The van der Waals surface area contributed by atoms with Crippen LogP contribution in [0.5, 0.6) is 5.75 Å². The summed E-state index contributed by atoms with van der Waals surface area (Å²) in [7, 11) is 1.77. The van der Waals surface area contributed by atoms with Gasteiger partial charge in [0.05, 0.1) is 7.11 Å². The Kier molecular flexibility index (Phi) is 3.20. The summed E-state index contributed by atoms with van der Waals surface area (Å²) in [6, 6.07) is 12.8. The molecular weight excluding hydrogens is 222 g/mol. The van der Waals surface area contributed by atoms with Crippen LogP contribution < -0.4 is 10.1 Å². The monoisotopic (exact) mass is 241 g/mol. The SMILES string of the molecule is COc1ccc2ccccc2c1C1CCCNC1. The lowest BCUT2D eigenvalue weighted by Gasteiger charge is -2.26. The number of hydrogen-bond donors (Lipinski definition) is 1. The molecule has 0 spiro atoms. The average molecular weight is 241 g/mol. The first-order chi connectivity index (χ1) is 8.90. The zero-order valence-electron chi connectivity index (χ0n) is 10.8. The quantitative estimate of drug-likeness (QED) is 0.871. The summed E-state index contributed by atoms with van der Waals surface area (Å²) in [5.74, 6) is 1.60. The van der Waals surface area contributed by atoms with Crippen molar-refractivity contribution in [3.63, 3.8) is 0 Å². The predicted molar refractivity (Wildman–Crippen MR) is 75.3 cm³/mol. The first-order valence-corrected chi connectivity index (χ1v) is 6.66. The average Bonchev–Trinajstić information content (AvgIpc) is 2.47. The molecule has 18 heavy (non-hydrogen) atoms. The maximum atomic E-state index is 5.58. The predicted octanol–water partition coefficient (Wildman–Crippen LogP) is 3.32. The number of fused-ring (bicyclic) bond motifs is 1. The van der Waals surface area contributed by atoms with Crippen molar-refractivity contribution in [2.75, 3.05) is 20.2 Å². The highest BCUT2D eigenvalue weighted by atomic mass is 16.5. The van der Waals surface area contributed by atoms with Crippen molar-refractivity contribution in [2.45, 2.75) is 18.8 Å². The van der Waals surface area contributed by atoms with Gasteiger partial charge in [-0.05, 0) is 36.2 Å². The van der Waals surface area contributed by atoms with Crippen molar-refractivity contribution >= 4 is 10.8 Å². The van der Waals surface area contributed by atoms with Crippen molar-refractivity contribution in [1.82, 2.24) is 5.32 Å². The number of hydrogen-bond acceptors (Lipinski definition) is 2. The molecule has 0 bridgehead atoms. The van der Waals surface area contributed by atoms with Crippen LogP contribution in [0.2, 0.25) is 0 Å². The van der Waals surface area contributed by atoms with Crippen molar-refractivity contribution in [3.05, 3.63) is 42.0 Å². The first kappa shape index (κ1) is 11.5. The molecule has 2 nitrogen and oxygen atoms in total. The standard InChI is InChI=1S/C16H19NO/c1-18-15-9-8-12-5-2-3-7-14(12)16(15)13-6-4-10-17-11-13/h2-3,5,7-9,13,17H,4,6,10-11H2,1H3. The Morgan fingerprint density at radius 2 is 2.06 bits per heavy atom.